The number of amides is 1. The van der Waals surface area contributed by atoms with Crippen molar-refractivity contribution in [3.05, 3.63) is 68.3 Å². The van der Waals surface area contributed by atoms with Crippen LogP contribution in [0.25, 0.3) is 0 Å². The molecule has 3 rings (SSSR count). The van der Waals surface area contributed by atoms with E-state index in [1.807, 2.05) is 0 Å². The summed E-state index contributed by atoms with van der Waals surface area (Å²) < 4.78 is 28.6. The average Bonchev–Trinajstić information content (AvgIpc) is 2.75. The van der Waals surface area contributed by atoms with Gasteiger partial charge in [-0.15, -0.1) is 0 Å². The minimum atomic E-state index is -0.936. The van der Waals surface area contributed by atoms with Gasteiger partial charge in [-0.2, -0.15) is 0 Å². The summed E-state index contributed by atoms with van der Waals surface area (Å²) in [4.78, 5) is 11.9. The summed E-state index contributed by atoms with van der Waals surface area (Å²) in [5, 5.41) is 17.6. The molecule has 1 fully saturated rings. The summed E-state index contributed by atoms with van der Waals surface area (Å²) in [7, 11) is 0. The normalized spacial score (nSPS) is 17.6. The molecule has 1 aliphatic rings. The standard InChI is InChI=1S/C28H37F2IN2O2/c1-18(34)33-25(12-19-10-22(29)16-23(30)11-19)26(35)17-32-28(8-6-5-7-9-28)21-13-20(27(2,3)4)14-24(31)15-21/h10-11,13-16,25-26,32,35H,5-9,12,17H2,1-4H3,(H,33,34)/t25?,26-/m1/s1. The van der Waals surface area contributed by atoms with Crippen molar-refractivity contribution in [1.82, 2.24) is 10.6 Å². The molecule has 1 saturated carbocycles. The highest BCUT2D eigenvalue weighted by atomic mass is 127. The lowest BCUT2D eigenvalue weighted by molar-refractivity contribution is -0.120. The zero-order chi connectivity index (χ0) is 25.8. The van der Waals surface area contributed by atoms with Crippen molar-refractivity contribution in [2.45, 2.75) is 89.3 Å². The summed E-state index contributed by atoms with van der Waals surface area (Å²) in [6.07, 6.45) is 4.48. The molecule has 1 amide bonds. The number of rotatable bonds is 8. The van der Waals surface area contributed by atoms with Crippen molar-refractivity contribution in [3.8, 4) is 0 Å². The molecule has 3 N–H and O–H groups in total. The van der Waals surface area contributed by atoms with Gasteiger partial charge >= 0.3 is 0 Å². The predicted octanol–water partition coefficient (Wildman–Crippen LogP) is 5.72. The number of aliphatic hydroxyl groups excluding tert-OH is 1. The van der Waals surface area contributed by atoms with E-state index >= 15 is 0 Å². The molecule has 7 heteroatoms. The SMILES string of the molecule is CC(=O)NC(Cc1cc(F)cc(F)c1)[C@H](O)CNC1(c2cc(I)cc(C(C)(C)C)c2)CCCCC1. The number of hydrogen-bond acceptors (Lipinski definition) is 3. The van der Waals surface area contributed by atoms with Crippen LogP contribution >= 0.6 is 22.6 Å². The van der Waals surface area contributed by atoms with E-state index in [-0.39, 0.29) is 29.8 Å². The number of halogens is 3. The minimum Gasteiger partial charge on any atom is -0.390 e. The molecule has 4 nitrogen and oxygen atoms in total. The number of nitrogens with one attached hydrogen (secondary N) is 2. The van der Waals surface area contributed by atoms with Gasteiger partial charge in [0.25, 0.3) is 0 Å². The minimum absolute atomic E-state index is 0.0159. The molecule has 2 atom stereocenters. The number of hydrogen-bond donors (Lipinski definition) is 3. The molecule has 192 valence electrons. The van der Waals surface area contributed by atoms with Gasteiger partial charge in [-0.25, -0.2) is 8.78 Å². The second-order valence-corrected chi connectivity index (χ2v) is 12.1. The lowest BCUT2D eigenvalue weighted by Gasteiger charge is -2.41. The molecule has 0 bridgehead atoms. The molecule has 0 spiro atoms. The van der Waals surface area contributed by atoms with E-state index in [9.17, 15) is 18.7 Å². The van der Waals surface area contributed by atoms with Crippen LogP contribution in [0.1, 0.15) is 76.5 Å². The molecule has 1 aliphatic carbocycles. The van der Waals surface area contributed by atoms with Gasteiger partial charge in [0.1, 0.15) is 11.6 Å². The molecule has 0 aromatic heterocycles. The van der Waals surface area contributed by atoms with Crippen LogP contribution in [0.15, 0.2) is 36.4 Å². The van der Waals surface area contributed by atoms with Crippen LogP contribution in [0.4, 0.5) is 8.78 Å². The molecule has 2 aromatic carbocycles. The Bertz CT molecular complexity index is 1010. The Morgan fingerprint density at radius 2 is 1.69 bits per heavy atom. The Morgan fingerprint density at radius 1 is 1.06 bits per heavy atom. The third-order valence-corrected chi connectivity index (χ3v) is 7.53. The Balaban J connectivity index is 1.84. The van der Waals surface area contributed by atoms with Gasteiger partial charge in [0.05, 0.1) is 12.1 Å². The first-order chi connectivity index (χ1) is 16.4. The van der Waals surface area contributed by atoms with Gasteiger partial charge in [-0.3, -0.25) is 4.79 Å². The van der Waals surface area contributed by atoms with Gasteiger partial charge in [-0.1, -0.05) is 46.1 Å². The maximum absolute atomic E-state index is 13.7. The summed E-state index contributed by atoms with van der Waals surface area (Å²) in [5.74, 6) is -1.65. The Morgan fingerprint density at radius 3 is 2.26 bits per heavy atom. The fraction of sp³-hybridized carbons (Fsp3) is 0.536. The molecule has 0 heterocycles. The first-order valence-electron chi connectivity index (χ1n) is 12.3. The van der Waals surface area contributed by atoms with E-state index in [4.69, 9.17) is 0 Å². The predicted molar refractivity (Wildman–Crippen MR) is 144 cm³/mol. The lowest BCUT2D eigenvalue weighted by atomic mass is 9.74. The maximum atomic E-state index is 13.7. The van der Waals surface area contributed by atoms with E-state index in [0.29, 0.717) is 5.56 Å². The van der Waals surface area contributed by atoms with Gasteiger partial charge in [0, 0.05) is 28.6 Å². The van der Waals surface area contributed by atoms with Crippen LogP contribution in [-0.2, 0) is 22.2 Å². The molecule has 0 radical (unpaired) electrons. The third kappa shape index (κ3) is 7.70. The highest BCUT2D eigenvalue weighted by molar-refractivity contribution is 14.1. The Labute approximate surface area is 221 Å². The van der Waals surface area contributed by atoms with Gasteiger partial charge in [0.15, 0.2) is 0 Å². The summed E-state index contributed by atoms with van der Waals surface area (Å²) in [6.45, 7) is 8.25. The molecular weight excluding hydrogens is 561 g/mol. The molecular formula is C28H37F2IN2O2. The van der Waals surface area contributed by atoms with Crippen molar-refractivity contribution in [1.29, 1.82) is 0 Å². The smallest absolute Gasteiger partial charge is 0.217 e. The van der Waals surface area contributed by atoms with Crippen molar-refractivity contribution in [2.75, 3.05) is 6.54 Å². The second-order valence-electron chi connectivity index (χ2n) is 10.9. The summed E-state index contributed by atoms with van der Waals surface area (Å²) in [5.41, 5.74) is 2.63. The van der Waals surface area contributed by atoms with Crippen LogP contribution in [0, 0.1) is 15.2 Å². The van der Waals surface area contributed by atoms with Gasteiger partial charge < -0.3 is 15.7 Å². The van der Waals surface area contributed by atoms with Crippen LogP contribution in [0.5, 0.6) is 0 Å². The van der Waals surface area contributed by atoms with E-state index in [2.05, 4.69) is 72.2 Å². The number of carbonyl (C=O) groups excluding carboxylic acids is 1. The van der Waals surface area contributed by atoms with Crippen molar-refractivity contribution < 1.29 is 18.7 Å². The van der Waals surface area contributed by atoms with E-state index in [0.717, 1.165) is 31.7 Å². The van der Waals surface area contributed by atoms with Crippen LogP contribution in [0.3, 0.4) is 0 Å². The van der Waals surface area contributed by atoms with Gasteiger partial charge in [-0.05, 0) is 88.2 Å². The highest BCUT2D eigenvalue weighted by Crippen LogP contribution is 2.39. The van der Waals surface area contributed by atoms with Gasteiger partial charge in [0.2, 0.25) is 5.91 Å². The quantitative estimate of drug-likeness (QED) is 0.341. The maximum Gasteiger partial charge on any atom is 0.217 e. The molecule has 0 saturated heterocycles. The molecule has 35 heavy (non-hydrogen) atoms. The molecule has 1 unspecified atom stereocenters. The number of aliphatic hydroxyl groups is 1. The Kier molecular flexibility index (Phi) is 9.32. The van der Waals surface area contributed by atoms with E-state index in [1.54, 1.807) is 0 Å². The van der Waals surface area contributed by atoms with E-state index in [1.165, 1.54) is 40.2 Å². The van der Waals surface area contributed by atoms with Crippen molar-refractivity contribution in [3.63, 3.8) is 0 Å². The zero-order valence-electron chi connectivity index (χ0n) is 21.1. The lowest BCUT2D eigenvalue weighted by Crippen LogP contribution is -2.53. The first-order valence-corrected chi connectivity index (χ1v) is 13.4. The monoisotopic (exact) mass is 598 g/mol. The largest absolute Gasteiger partial charge is 0.390 e. The average molecular weight is 599 g/mol. The molecule has 2 aromatic rings. The molecule has 0 aliphatic heterocycles. The topological polar surface area (TPSA) is 61.4 Å². The fourth-order valence-electron chi connectivity index (χ4n) is 4.99. The summed E-state index contributed by atoms with van der Waals surface area (Å²) in [6, 6.07) is 9.34. The van der Waals surface area contributed by atoms with Crippen molar-refractivity contribution >= 4 is 28.5 Å². The first kappa shape index (κ1) is 28.0. The van der Waals surface area contributed by atoms with Crippen molar-refractivity contribution in [2.24, 2.45) is 0 Å². The fourth-order valence-corrected chi connectivity index (χ4v) is 5.66. The Hall–Kier alpha value is -1.58. The number of benzene rings is 2. The second kappa shape index (κ2) is 11.6. The highest BCUT2D eigenvalue weighted by Gasteiger charge is 2.36. The van der Waals surface area contributed by atoms with Crippen LogP contribution in [0.2, 0.25) is 0 Å². The van der Waals surface area contributed by atoms with Crippen LogP contribution < -0.4 is 10.6 Å². The van der Waals surface area contributed by atoms with E-state index < -0.39 is 23.8 Å². The van der Waals surface area contributed by atoms with Crippen LogP contribution in [-0.4, -0.2) is 29.7 Å². The third-order valence-electron chi connectivity index (χ3n) is 6.90. The summed E-state index contributed by atoms with van der Waals surface area (Å²) >= 11 is 2.37. The zero-order valence-corrected chi connectivity index (χ0v) is 23.2. The number of carbonyl (C=O) groups is 1.